The molecule has 0 unspecified atom stereocenters. The molecule has 0 bridgehead atoms. The summed E-state index contributed by atoms with van der Waals surface area (Å²) in [6.45, 7) is 14.0. The smallest absolute Gasteiger partial charge is 0.259 e. The molecule has 6 heteroatoms. The zero-order valence-corrected chi connectivity index (χ0v) is 17.7. The summed E-state index contributed by atoms with van der Waals surface area (Å²) in [5.74, 6) is -0.898. The number of fused-ring (bicyclic) bond motifs is 3. The quantitative estimate of drug-likeness (QED) is 0.737. The minimum atomic E-state index is -0.728. The van der Waals surface area contributed by atoms with E-state index in [0.717, 1.165) is 16.7 Å². The Morgan fingerprint density at radius 1 is 1.00 bits per heavy atom. The van der Waals surface area contributed by atoms with E-state index in [9.17, 15) is 14.4 Å². The Kier molecular flexibility index (Phi) is 4.03. The lowest BCUT2D eigenvalue weighted by molar-refractivity contribution is -0.147. The molecule has 0 saturated carbocycles. The van der Waals surface area contributed by atoms with Crippen molar-refractivity contribution in [1.29, 1.82) is 0 Å². The number of imide groups is 1. The normalized spacial score (nSPS) is 29.3. The van der Waals surface area contributed by atoms with Gasteiger partial charge in [0, 0.05) is 18.0 Å². The molecule has 3 heterocycles. The van der Waals surface area contributed by atoms with E-state index in [2.05, 4.69) is 13.8 Å². The number of carbonyl (C=O) groups excluding carboxylic acids is 3. The molecule has 3 saturated heterocycles. The number of benzene rings is 1. The summed E-state index contributed by atoms with van der Waals surface area (Å²) in [7, 11) is 0. The average Bonchev–Trinajstić information content (AvgIpc) is 3.11. The van der Waals surface area contributed by atoms with Crippen molar-refractivity contribution in [2.75, 3.05) is 4.90 Å². The molecule has 1 aromatic carbocycles. The molecule has 4 rings (SSSR count). The molecule has 0 N–H and O–H groups in total. The third kappa shape index (κ3) is 2.33. The molecule has 3 amide bonds. The number of hydrogen-bond acceptors (Lipinski definition) is 4. The van der Waals surface area contributed by atoms with Crippen molar-refractivity contribution in [2.45, 2.75) is 72.5 Å². The summed E-state index contributed by atoms with van der Waals surface area (Å²) >= 11 is 0. The van der Waals surface area contributed by atoms with Crippen molar-refractivity contribution in [1.82, 2.24) is 10.0 Å². The molecule has 28 heavy (non-hydrogen) atoms. The van der Waals surface area contributed by atoms with Gasteiger partial charge >= 0.3 is 0 Å². The van der Waals surface area contributed by atoms with Crippen LogP contribution in [-0.4, -0.2) is 45.4 Å². The van der Waals surface area contributed by atoms with Crippen molar-refractivity contribution in [2.24, 2.45) is 11.8 Å². The Morgan fingerprint density at radius 3 is 2.11 bits per heavy atom. The molecule has 3 aliphatic rings. The van der Waals surface area contributed by atoms with E-state index >= 15 is 0 Å². The highest BCUT2D eigenvalue weighted by Gasteiger charge is 2.68. The summed E-state index contributed by atoms with van der Waals surface area (Å²) in [4.78, 5) is 41.3. The highest BCUT2D eigenvalue weighted by molar-refractivity contribution is 6.25. The predicted octanol–water partition coefficient (Wildman–Crippen LogP) is 2.74. The van der Waals surface area contributed by atoms with E-state index in [1.807, 2.05) is 51.8 Å². The third-order valence-corrected chi connectivity index (χ3v) is 6.47. The monoisotopic (exact) mass is 383 g/mol. The molecule has 0 spiro atoms. The first-order valence-corrected chi connectivity index (χ1v) is 10.0. The second kappa shape index (κ2) is 5.89. The van der Waals surface area contributed by atoms with Gasteiger partial charge in [-0.05, 0) is 51.7 Å². The Balaban J connectivity index is 1.85. The number of carbonyl (C=O) groups is 3. The second-order valence-corrected chi connectivity index (χ2v) is 9.54. The molecular weight excluding hydrogens is 354 g/mol. The van der Waals surface area contributed by atoms with E-state index in [1.165, 1.54) is 4.90 Å². The van der Waals surface area contributed by atoms with Crippen LogP contribution in [0.25, 0.3) is 0 Å². The maximum Gasteiger partial charge on any atom is 0.259 e. The maximum absolute atomic E-state index is 13.6. The number of rotatable bonds is 2. The predicted molar refractivity (Wildman–Crippen MR) is 106 cm³/mol. The fraction of sp³-hybridized carbons (Fsp3) is 0.591. The SMILES string of the molecule is Cc1cc(C)c(N2C(=O)[C@H]3[C@@H](C(C)C)N4N(C(=O)CC4(C)C)[C@H]3C2=O)c(C)c1. The van der Waals surface area contributed by atoms with Crippen molar-refractivity contribution in [3.05, 3.63) is 28.8 Å². The topological polar surface area (TPSA) is 60.9 Å². The number of amides is 3. The third-order valence-electron chi connectivity index (χ3n) is 6.47. The second-order valence-electron chi connectivity index (χ2n) is 9.54. The molecule has 3 atom stereocenters. The van der Waals surface area contributed by atoms with Gasteiger partial charge < -0.3 is 0 Å². The van der Waals surface area contributed by atoms with Gasteiger partial charge in [-0.25, -0.2) is 9.91 Å². The Morgan fingerprint density at radius 2 is 1.57 bits per heavy atom. The van der Waals surface area contributed by atoms with E-state index in [-0.39, 0.29) is 29.7 Å². The van der Waals surface area contributed by atoms with Crippen LogP contribution >= 0.6 is 0 Å². The van der Waals surface area contributed by atoms with E-state index < -0.39 is 17.5 Å². The van der Waals surface area contributed by atoms with Crippen molar-refractivity contribution >= 4 is 23.4 Å². The van der Waals surface area contributed by atoms with Gasteiger partial charge in [-0.3, -0.25) is 19.4 Å². The van der Waals surface area contributed by atoms with Crippen molar-refractivity contribution in [3.63, 3.8) is 0 Å². The van der Waals surface area contributed by atoms with Gasteiger partial charge in [0.05, 0.1) is 11.6 Å². The summed E-state index contributed by atoms with van der Waals surface area (Å²) in [5, 5.41) is 3.63. The fourth-order valence-corrected chi connectivity index (χ4v) is 5.64. The van der Waals surface area contributed by atoms with Crippen LogP contribution in [-0.2, 0) is 14.4 Å². The highest BCUT2D eigenvalue weighted by Crippen LogP contribution is 2.50. The summed E-state index contributed by atoms with van der Waals surface area (Å²) in [6.07, 6.45) is 0.365. The first kappa shape index (κ1) is 19.1. The lowest BCUT2D eigenvalue weighted by Gasteiger charge is -2.39. The molecule has 0 radical (unpaired) electrons. The van der Waals surface area contributed by atoms with Gasteiger partial charge in [-0.2, -0.15) is 0 Å². The van der Waals surface area contributed by atoms with Gasteiger partial charge in [0.1, 0.15) is 6.04 Å². The van der Waals surface area contributed by atoms with Gasteiger partial charge in [-0.1, -0.05) is 31.5 Å². The number of anilines is 1. The number of hydrogen-bond donors (Lipinski definition) is 0. The molecule has 0 aliphatic carbocycles. The first-order chi connectivity index (χ1) is 13.0. The molecule has 150 valence electrons. The molecule has 3 aliphatic heterocycles. The molecular formula is C22H29N3O3. The van der Waals surface area contributed by atoms with Gasteiger partial charge in [-0.15, -0.1) is 0 Å². The molecule has 6 nitrogen and oxygen atoms in total. The molecule has 3 fully saturated rings. The minimum Gasteiger partial charge on any atom is -0.274 e. The van der Waals surface area contributed by atoms with Crippen molar-refractivity contribution < 1.29 is 14.4 Å². The molecule has 0 aromatic heterocycles. The van der Waals surface area contributed by atoms with Gasteiger partial charge in [0.15, 0.2) is 0 Å². The minimum absolute atomic E-state index is 0.0662. The zero-order valence-electron chi connectivity index (χ0n) is 17.7. The van der Waals surface area contributed by atoms with E-state index in [0.29, 0.717) is 12.1 Å². The van der Waals surface area contributed by atoms with Crippen LogP contribution in [0, 0.1) is 32.6 Å². The summed E-state index contributed by atoms with van der Waals surface area (Å²) in [5.41, 5.74) is 3.20. The Labute approximate surface area is 166 Å². The number of nitrogens with zero attached hydrogens (tertiary/aromatic N) is 3. The average molecular weight is 383 g/mol. The van der Waals surface area contributed by atoms with E-state index in [1.54, 1.807) is 5.01 Å². The van der Waals surface area contributed by atoms with Gasteiger partial charge in [0.25, 0.3) is 5.91 Å². The van der Waals surface area contributed by atoms with Crippen LogP contribution < -0.4 is 4.90 Å². The highest BCUT2D eigenvalue weighted by atomic mass is 16.2. The Hall–Kier alpha value is -2.21. The summed E-state index contributed by atoms with van der Waals surface area (Å²) in [6, 6.07) is 3.09. The van der Waals surface area contributed by atoms with Crippen LogP contribution in [0.1, 0.15) is 50.8 Å². The van der Waals surface area contributed by atoms with Crippen molar-refractivity contribution in [3.8, 4) is 0 Å². The number of aryl methyl sites for hydroxylation is 3. The Bertz CT molecular complexity index is 881. The van der Waals surface area contributed by atoms with Crippen LogP contribution in [0.5, 0.6) is 0 Å². The molecule has 1 aromatic rings. The van der Waals surface area contributed by atoms with E-state index in [4.69, 9.17) is 0 Å². The standard InChI is InChI=1S/C22H29N3O3/c1-11(2)17-16-19(24-15(26)10-22(6,7)25(17)24)21(28)23(20(16)27)18-13(4)8-12(3)9-14(18)5/h8-9,11,16-17,19H,10H2,1-7H3/t16-,17+,19+/m0/s1. The van der Waals surface area contributed by atoms with Crippen LogP contribution in [0.3, 0.4) is 0 Å². The largest absolute Gasteiger partial charge is 0.274 e. The fourth-order valence-electron chi connectivity index (χ4n) is 5.64. The number of hydrazine groups is 1. The zero-order chi connectivity index (χ0) is 20.7. The lowest BCUT2D eigenvalue weighted by Crippen LogP contribution is -2.53. The summed E-state index contributed by atoms with van der Waals surface area (Å²) < 4.78 is 0. The lowest BCUT2D eigenvalue weighted by atomic mass is 9.85. The van der Waals surface area contributed by atoms with Crippen LogP contribution in [0.4, 0.5) is 5.69 Å². The van der Waals surface area contributed by atoms with Gasteiger partial charge in [0.2, 0.25) is 11.8 Å². The van der Waals surface area contributed by atoms with Crippen LogP contribution in [0.2, 0.25) is 0 Å². The first-order valence-electron chi connectivity index (χ1n) is 10.0. The maximum atomic E-state index is 13.6. The van der Waals surface area contributed by atoms with Crippen LogP contribution in [0.15, 0.2) is 12.1 Å².